The molecule has 0 bridgehead atoms. The first kappa shape index (κ1) is 17.5. The lowest BCUT2D eigenvalue weighted by atomic mass is 10.1. The summed E-state index contributed by atoms with van der Waals surface area (Å²) in [5.74, 6) is 0.0623. The number of anilines is 2. The smallest absolute Gasteiger partial charge is 0.238 e. The van der Waals surface area contributed by atoms with Crippen LogP contribution in [0.25, 0.3) is 0 Å². The van der Waals surface area contributed by atoms with E-state index in [0.717, 1.165) is 31.9 Å². The Balaban J connectivity index is 1.50. The van der Waals surface area contributed by atoms with Crippen molar-refractivity contribution in [2.75, 3.05) is 42.9 Å². The van der Waals surface area contributed by atoms with E-state index in [1.807, 2.05) is 18.2 Å². The van der Waals surface area contributed by atoms with Crippen molar-refractivity contribution in [2.24, 2.45) is 0 Å². The van der Waals surface area contributed by atoms with E-state index in [4.69, 9.17) is 0 Å². The van der Waals surface area contributed by atoms with Crippen LogP contribution in [0.5, 0.6) is 0 Å². The van der Waals surface area contributed by atoms with E-state index in [2.05, 4.69) is 60.2 Å². The summed E-state index contributed by atoms with van der Waals surface area (Å²) < 4.78 is 0. The van der Waals surface area contributed by atoms with Crippen LogP contribution in [0.15, 0.2) is 42.5 Å². The highest BCUT2D eigenvalue weighted by Gasteiger charge is 2.19. The maximum atomic E-state index is 12.3. The van der Waals surface area contributed by atoms with Crippen LogP contribution in [0.1, 0.15) is 16.7 Å². The lowest BCUT2D eigenvalue weighted by Gasteiger charge is -2.35. The van der Waals surface area contributed by atoms with E-state index >= 15 is 0 Å². The first-order valence-electron chi connectivity index (χ1n) is 8.92. The molecule has 3 rings (SSSR count). The van der Waals surface area contributed by atoms with Gasteiger partial charge in [0.15, 0.2) is 0 Å². The van der Waals surface area contributed by atoms with E-state index in [9.17, 15) is 4.79 Å². The monoisotopic (exact) mass is 337 g/mol. The predicted octanol–water partition coefficient (Wildman–Crippen LogP) is 3.37. The summed E-state index contributed by atoms with van der Waals surface area (Å²) in [5, 5.41) is 3.01. The standard InChI is InChI=1S/C21H27N3O/c1-16-5-4-6-20(13-16)24-11-9-23(10-12-24)15-21(25)22-19-8-7-17(2)18(3)14-19/h4-8,13-14H,9-12,15H2,1-3H3,(H,22,25). The van der Waals surface area contributed by atoms with Gasteiger partial charge in [0.2, 0.25) is 5.91 Å². The number of hydrogen-bond acceptors (Lipinski definition) is 3. The van der Waals surface area contributed by atoms with Crippen molar-refractivity contribution in [2.45, 2.75) is 20.8 Å². The Kier molecular flexibility index (Phi) is 5.39. The van der Waals surface area contributed by atoms with E-state index in [1.165, 1.54) is 22.4 Å². The summed E-state index contributed by atoms with van der Waals surface area (Å²) >= 11 is 0. The van der Waals surface area contributed by atoms with Gasteiger partial charge in [-0.1, -0.05) is 18.2 Å². The topological polar surface area (TPSA) is 35.6 Å². The van der Waals surface area contributed by atoms with Crippen molar-refractivity contribution in [3.63, 3.8) is 0 Å². The second-order valence-electron chi connectivity index (χ2n) is 6.95. The molecule has 0 atom stereocenters. The fraction of sp³-hybridized carbons (Fsp3) is 0.381. The molecule has 0 aromatic heterocycles. The first-order valence-corrected chi connectivity index (χ1v) is 8.92. The van der Waals surface area contributed by atoms with Crippen LogP contribution < -0.4 is 10.2 Å². The van der Waals surface area contributed by atoms with Gasteiger partial charge >= 0.3 is 0 Å². The zero-order valence-corrected chi connectivity index (χ0v) is 15.4. The molecule has 0 unspecified atom stereocenters. The molecule has 4 heteroatoms. The number of rotatable bonds is 4. The van der Waals surface area contributed by atoms with E-state index in [0.29, 0.717) is 6.54 Å². The number of amides is 1. The number of nitrogens with one attached hydrogen (secondary N) is 1. The van der Waals surface area contributed by atoms with E-state index in [1.54, 1.807) is 0 Å². The Morgan fingerprint density at radius 1 is 0.960 bits per heavy atom. The van der Waals surface area contributed by atoms with Gasteiger partial charge in [-0.05, 0) is 61.7 Å². The molecular weight excluding hydrogens is 310 g/mol. The van der Waals surface area contributed by atoms with Crippen molar-refractivity contribution >= 4 is 17.3 Å². The van der Waals surface area contributed by atoms with E-state index in [-0.39, 0.29) is 5.91 Å². The van der Waals surface area contributed by atoms with Gasteiger partial charge in [0.05, 0.1) is 6.54 Å². The molecule has 1 aliphatic rings. The minimum Gasteiger partial charge on any atom is -0.369 e. The summed E-state index contributed by atoms with van der Waals surface area (Å²) in [6.45, 7) is 10.5. The van der Waals surface area contributed by atoms with Gasteiger partial charge in [-0.25, -0.2) is 0 Å². The molecule has 0 saturated carbocycles. The maximum absolute atomic E-state index is 12.3. The number of aryl methyl sites for hydroxylation is 3. The Bertz CT molecular complexity index is 749. The second-order valence-corrected chi connectivity index (χ2v) is 6.95. The van der Waals surface area contributed by atoms with Crippen LogP contribution in [-0.4, -0.2) is 43.5 Å². The molecule has 1 N–H and O–H groups in total. The summed E-state index contributed by atoms with van der Waals surface area (Å²) in [4.78, 5) is 16.9. The molecule has 25 heavy (non-hydrogen) atoms. The summed E-state index contributed by atoms with van der Waals surface area (Å²) in [6.07, 6.45) is 0. The van der Waals surface area contributed by atoms with Gasteiger partial charge in [0.1, 0.15) is 0 Å². The quantitative estimate of drug-likeness (QED) is 0.929. The molecule has 1 heterocycles. The molecule has 1 aliphatic heterocycles. The molecule has 2 aromatic carbocycles. The highest BCUT2D eigenvalue weighted by atomic mass is 16.2. The Labute approximate surface area is 150 Å². The number of carbonyl (C=O) groups is 1. The fourth-order valence-corrected chi connectivity index (χ4v) is 3.21. The Morgan fingerprint density at radius 3 is 2.40 bits per heavy atom. The molecule has 1 amide bonds. The normalized spacial score (nSPS) is 15.2. The van der Waals surface area contributed by atoms with Crippen LogP contribution in [0, 0.1) is 20.8 Å². The van der Waals surface area contributed by atoms with Gasteiger partial charge < -0.3 is 10.2 Å². The maximum Gasteiger partial charge on any atom is 0.238 e. The number of piperazine rings is 1. The SMILES string of the molecule is Cc1cccc(N2CCN(CC(=O)Nc3ccc(C)c(C)c3)CC2)c1. The number of nitrogens with zero attached hydrogens (tertiary/aromatic N) is 2. The molecule has 1 fully saturated rings. The largest absolute Gasteiger partial charge is 0.369 e. The van der Waals surface area contributed by atoms with Gasteiger partial charge in [-0.2, -0.15) is 0 Å². The molecule has 0 radical (unpaired) electrons. The molecule has 4 nitrogen and oxygen atoms in total. The van der Waals surface area contributed by atoms with Crippen molar-refractivity contribution in [1.29, 1.82) is 0 Å². The van der Waals surface area contributed by atoms with Crippen LogP contribution in [0.3, 0.4) is 0 Å². The molecular formula is C21H27N3O. The minimum absolute atomic E-state index is 0.0623. The molecule has 0 spiro atoms. The van der Waals surface area contributed by atoms with Crippen LogP contribution >= 0.6 is 0 Å². The van der Waals surface area contributed by atoms with Crippen molar-refractivity contribution in [3.05, 3.63) is 59.2 Å². The third-order valence-corrected chi connectivity index (χ3v) is 4.90. The summed E-state index contributed by atoms with van der Waals surface area (Å²) in [5.41, 5.74) is 5.88. The first-order chi connectivity index (χ1) is 12.0. The van der Waals surface area contributed by atoms with Crippen molar-refractivity contribution < 1.29 is 4.79 Å². The molecule has 1 saturated heterocycles. The third-order valence-electron chi connectivity index (χ3n) is 4.90. The summed E-state index contributed by atoms with van der Waals surface area (Å²) in [7, 11) is 0. The number of hydrogen-bond donors (Lipinski definition) is 1. The summed E-state index contributed by atoms with van der Waals surface area (Å²) in [6, 6.07) is 14.7. The van der Waals surface area contributed by atoms with Crippen LogP contribution in [-0.2, 0) is 4.79 Å². The molecule has 132 valence electrons. The predicted molar refractivity (Wildman–Crippen MR) is 104 cm³/mol. The lowest BCUT2D eigenvalue weighted by Crippen LogP contribution is -2.48. The van der Waals surface area contributed by atoms with Crippen LogP contribution in [0.4, 0.5) is 11.4 Å². The van der Waals surface area contributed by atoms with E-state index < -0.39 is 0 Å². The minimum atomic E-state index is 0.0623. The van der Waals surface area contributed by atoms with Crippen molar-refractivity contribution in [1.82, 2.24) is 4.90 Å². The number of carbonyl (C=O) groups excluding carboxylic acids is 1. The van der Waals surface area contributed by atoms with Crippen molar-refractivity contribution in [3.8, 4) is 0 Å². The highest BCUT2D eigenvalue weighted by Crippen LogP contribution is 2.18. The van der Waals surface area contributed by atoms with Gasteiger partial charge in [-0.15, -0.1) is 0 Å². The fourth-order valence-electron chi connectivity index (χ4n) is 3.21. The Hall–Kier alpha value is -2.33. The lowest BCUT2D eigenvalue weighted by molar-refractivity contribution is -0.117. The third kappa shape index (κ3) is 4.60. The van der Waals surface area contributed by atoms with Gasteiger partial charge in [0, 0.05) is 37.6 Å². The Morgan fingerprint density at radius 2 is 1.72 bits per heavy atom. The van der Waals surface area contributed by atoms with Gasteiger partial charge in [0.25, 0.3) is 0 Å². The number of benzene rings is 2. The highest BCUT2D eigenvalue weighted by molar-refractivity contribution is 5.92. The molecule has 2 aromatic rings. The average Bonchev–Trinajstić information content (AvgIpc) is 2.59. The zero-order valence-electron chi connectivity index (χ0n) is 15.4. The van der Waals surface area contributed by atoms with Gasteiger partial charge in [-0.3, -0.25) is 9.69 Å². The molecule has 0 aliphatic carbocycles. The average molecular weight is 337 g/mol. The second kappa shape index (κ2) is 7.70. The zero-order chi connectivity index (χ0) is 17.8. The van der Waals surface area contributed by atoms with Crippen LogP contribution in [0.2, 0.25) is 0 Å².